The van der Waals surface area contributed by atoms with Gasteiger partial charge in [-0.2, -0.15) is 13.2 Å². The molecule has 6 heteroatoms. The third-order valence-corrected chi connectivity index (χ3v) is 3.17. The Morgan fingerprint density at radius 2 is 2.21 bits per heavy atom. The summed E-state index contributed by atoms with van der Waals surface area (Å²) in [4.78, 5) is 0. The van der Waals surface area contributed by atoms with Crippen LogP contribution in [0.15, 0.2) is 0 Å². The van der Waals surface area contributed by atoms with Gasteiger partial charge in [-0.05, 0) is 38.6 Å². The van der Waals surface area contributed by atoms with Gasteiger partial charge in [0.2, 0.25) is 0 Å². The first kappa shape index (κ1) is 16.7. The average Bonchev–Trinajstić information content (AvgIpc) is 2.80. The van der Waals surface area contributed by atoms with Crippen molar-refractivity contribution < 1.29 is 22.6 Å². The zero-order valence-corrected chi connectivity index (χ0v) is 11.5. The smallest absolute Gasteiger partial charge is 0.378 e. The van der Waals surface area contributed by atoms with Crippen molar-refractivity contribution in [1.82, 2.24) is 5.32 Å². The van der Waals surface area contributed by atoms with Crippen LogP contribution in [-0.2, 0) is 9.47 Å². The van der Waals surface area contributed by atoms with Crippen LogP contribution in [0.3, 0.4) is 0 Å². The molecule has 19 heavy (non-hydrogen) atoms. The van der Waals surface area contributed by atoms with Gasteiger partial charge in [-0.3, -0.25) is 0 Å². The lowest BCUT2D eigenvalue weighted by atomic mass is 10.0. The molecule has 0 saturated carbocycles. The Kier molecular flexibility index (Phi) is 7.71. The number of nitrogens with one attached hydrogen (secondary N) is 1. The zero-order valence-electron chi connectivity index (χ0n) is 11.5. The first-order valence-electron chi connectivity index (χ1n) is 7.00. The molecule has 0 aromatic carbocycles. The van der Waals surface area contributed by atoms with Gasteiger partial charge in [0.1, 0.15) is 6.61 Å². The molecule has 0 amide bonds. The second-order valence-corrected chi connectivity index (χ2v) is 4.94. The van der Waals surface area contributed by atoms with E-state index >= 15 is 0 Å². The van der Waals surface area contributed by atoms with Gasteiger partial charge in [0.15, 0.2) is 0 Å². The Labute approximate surface area is 112 Å². The molecule has 1 saturated heterocycles. The molecule has 3 nitrogen and oxygen atoms in total. The minimum absolute atomic E-state index is 0.160. The highest BCUT2D eigenvalue weighted by Crippen LogP contribution is 2.19. The van der Waals surface area contributed by atoms with Crippen LogP contribution in [0.1, 0.15) is 39.0 Å². The van der Waals surface area contributed by atoms with E-state index in [9.17, 15) is 13.2 Å². The maximum absolute atomic E-state index is 11.9. The molecule has 0 bridgehead atoms. The summed E-state index contributed by atoms with van der Waals surface area (Å²) in [5, 5.41) is 3.36. The molecular formula is C13H24F3NO2. The molecule has 2 atom stereocenters. The number of rotatable bonds is 9. The third kappa shape index (κ3) is 8.44. The Morgan fingerprint density at radius 3 is 2.79 bits per heavy atom. The van der Waals surface area contributed by atoms with Crippen molar-refractivity contribution in [2.45, 2.75) is 57.3 Å². The normalized spacial score (nSPS) is 21.8. The van der Waals surface area contributed by atoms with Crippen LogP contribution in [0.5, 0.6) is 0 Å². The highest BCUT2D eigenvalue weighted by Gasteiger charge is 2.27. The molecule has 1 heterocycles. The van der Waals surface area contributed by atoms with Crippen LogP contribution in [0.4, 0.5) is 13.2 Å². The molecule has 1 rings (SSSR count). The highest BCUT2D eigenvalue weighted by atomic mass is 19.4. The SMILES string of the molecule is CCNC(CCCOCC(F)(F)F)CC1CCCO1. The van der Waals surface area contributed by atoms with E-state index in [1.54, 1.807) is 0 Å². The predicted octanol–water partition coefficient (Wildman–Crippen LogP) is 2.89. The summed E-state index contributed by atoms with van der Waals surface area (Å²) in [6.45, 7) is 2.74. The van der Waals surface area contributed by atoms with Crippen molar-refractivity contribution in [3.8, 4) is 0 Å². The number of ether oxygens (including phenoxy) is 2. The van der Waals surface area contributed by atoms with Gasteiger partial charge in [0.05, 0.1) is 6.10 Å². The Hall–Kier alpha value is -0.330. The lowest BCUT2D eigenvalue weighted by molar-refractivity contribution is -0.174. The van der Waals surface area contributed by atoms with Crippen LogP contribution >= 0.6 is 0 Å². The van der Waals surface area contributed by atoms with Crippen LogP contribution in [0.2, 0.25) is 0 Å². The fourth-order valence-corrected chi connectivity index (χ4v) is 2.36. The third-order valence-electron chi connectivity index (χ3n) is 3.17. The molecule has 0 radical (unpaired) electrons. The quantitative estimate of drug-likeness (QED) is 0.660. The Bertz CT molecular complexity index is 230. The number of hydrogen-bond donors (Lipinski definition) is 1. The van der Waals surface area contributed by atoms with Crippen molar-refractivity contribution in [3.63, 3.8) is 0 Å². The lowest BCUT2D eigenvalue weighted by Crippen LogP contribution is -2.32. The Morgan fingerprint density at radius 1 is 1.42 bits per heavy atom. The first-order chi connectivity index (χ1) is 9.01. The standard InChI is InChI=1S/C13H24F3NO2/c1-2-17-11(9-12-6-4-8-19-12)5-3-7-18-10-13(14,15)16/h11-12,17H,2-10H2,1H3. The average molecular weight is 283 g/mol. The molecule has 1 N–H and O–H groups in total. The molecule has 114 valence electrons. The van der Waals surface area contributed by atoms with Crippen molar-refractivity contribution in [3.05, 3.63) is 0 Å². The van der Waals surface area contributed by atoms with E-state index in [0.717, 1.165) is 38.8 Å². The minimum Gasteiger partial charge on any atom is -0.378 e. The van der Waals surface area contributed by atoms with Crippen LogP contribution in [0, 0.1) is 0 Å². The van der Waals surface area contributed by atoms with E-state index in [-0.39, 0.29) is 6.61 Å². The fraction of sp³-hybridized carbons (Fsp3) is 1.00. The van der Waals surface area contributed by atoms with Crippen molar-refractivity contribution in [1.29, 1.82) is 0 Å². The van der Waals surface area contributed by atoms with E-state index in [0.29, 0.717) is 18.6 Å². The van der Waals surface area contributed by atoms with Crippen LogP contribution in [0.25, 0.3) is 0 Å². The van der Waals surface area contributed by atoms with Gasteiger partial charge in [-0.1, -0.05) is 6.92 Å². The fourth-order valence-electron chi connectivity index (χ4n) is 2.36. The van der Waals surface area contributed by atoms with E-state index in [4.69, 9.17) is 4.74 Å². The number of alkyl halides is 3. The van der Waals surface area contributed by atoms with E-state index < -0.39 is 12.8 Å². The monoisotopic (exact) mass is 283 g/mol. The van der Waals surface area contributed by atoms with Crippen molar-refractivity contribution in [2.24, 2.45) is 0 Å². The highest BCUT2D eigenvalue weighted by molar-refractivity contribution is 4.74. The second kappa shape index (κ2) is 8.76. The topological polar surface area (TPSA) is 30.5 Å². The summed E-state index contributed by atoms with van der Waals surface area (Å²) < 4.78 is 45.8. The molecule has 1 aliphatic rings. The maximum atomic E-state index is 11.9. The molecule has 2 unspecified atom stereocenters. The lowest BCUT2D eigenvalue weighted by Gasteiger charge is -2.21. The zero-order chi connectivity index (χ0) is 14.1. The molecular weight excluding hydrogens is 259 g/mol. The van der Waals surface area contributed by atoms with E-state index in [1.807, 2.05) is 6.92 Å². The van der Waals surface area contributed by atoms with Gasteiger partial charge >= 0.3 is 6.18 Å². The Balaban J connectivity index is 2.11. The van der Waals surface area contributed by atoms with Crippen LogP contribution < -0.4 is 5.32 Å². The minimum atomic E-state index is -4.22. The van der Waals surface area contributed by atoms with Gasteiger partial charge in [-0.15, -0.1) is 0 Å². The summed E-state index contributed by atoms with van der Waals surface area (Å²) in [5.74, 6) is 0. The van der Waals surface area contributed by atoms with Gasteiger partial charge < -0.3 is 14.8 Å². The molecule has 1 fully saturated rings. The molecule has 0 aromatic rings. The molecule has 1 aliphatic heterocycles. The first-order valence-corrected chi connectivity index (χ1v) is 7.00. The van der Waals surface area contributed by atoms with Gasteiger partial charge in [0.25, 0.3) is 0 Å². The summed E-state index contributed by atoms with van der Waals surface area (Å²) >= 11 is 0. The van der Waals surface area contributed by atoms with Crippen LogP contribution in [-0.4, -0.2) is 44.7 Å². The van der Waals surface area contributed by atoms with Crippen molar-refractivity contribution >= 4 is 0 Å². The number of halogens is 3. The van der Waals surface area contributed by atoms with Crippen molar-refractivity contribution in [2.75, 3.05) is 26.4 Å². The second-order valence-electron chi connectivity index (χ2n) is 4.94. The largest absolute Gasteiger partial charge is 0.411 e. The summed E-state index contributed by atoms with van der Waals surface area (Å²) in [5.41, 5.74) is 0. The molecule has 0 aliphatic carbocycles. The predicted molar refractivity (Wildman–Crippen MR) is 67.2 cm³/mol. The summed E-state index contributed by atoms with van der Waals surface area (Å²) in [6, 6.07) is 0.308. The molecule has 0 spiro atoms. The summed E-state index contributed by atoms with van der Waals surface area (Å²) in [7, 11) is 0. The van der Waals surface area contributed by atoms with Gasteiger partial charge in [0, 0.05) is 19.3 Å². The molecule has 0 aromatic heterocycles. The van der Waals surface area contributed by atoms with Gasteiger partial charge in [-0.25, -0.2) is 0 Å². The van der Waals surface area contributed by atoms with E-state index in [1.165, 1.54) is 0 Å². The maximum Gasteiger partial charge on any atom is 0.411 e. The summed E-state index contributed by atoms with van der Waals surface area (Å²) in [6.07, 6.45) is 0.683. The van der Waals surface area contributed by atoms with E-state index in [2.05, 4.69) is 10.1 Å². The number of hydrogen-bond acceptors (Lipinski definition) is 3.